The number of anilines is 1. The molecule has 1 aromatic carbocycles. The Morgan fingerprint density at radius 3 is 2.90 bits per heavy atom. The predicted octanol–water partition coefficient (Wildman–Crippen LogP) is 3.13. The summed E-state index contributed by atoms with van der Waals surface area (Å²) in [5.74, 6) is 1.35. The summed E-state index contributed by atoms with van der Waals surface area (Å²) in [6, 6.07) is 8.06. The summed E-state index contributed by atoms with van der Waals surface area (Å²) in [6.45, 7) is 2.78. The molecule has 106 valence electrons. The Labute approximate surface area is 123 Å². The zero-order valence-corrected chi connectivity index (χ0v) is 12.0. The van der Waals surface area contributed by atoms with Crippen molar-refractivity contribution in [1.29, 1.82) is 0 Å². The number of nitrogens with zero attached hydrogens (tertiary/aromatic N) is 3. The molecule has 2 heterocycles. The van der Waals surface area contributed by atoms with Crippen molar-refractivity contribution in [3.05, 3.63) is 43.0 Å². The fourth-order valence-corrected chi connectivity index (χ4v) is 2.37. The van der Waals surface area contributed by atoms with Gasteiger partial charge in [0.1, 0.15) is 12.0 Å². The van der Waals surface area contributed by atoms with Crippen LogP contribution in [-0.4, -0.2) is 28.6 Å². The van der Waals surface area contributed by atoms with E-state index >= 15 is 0 Å². The highest BCUT2D eigenvalue weighted by atomic mass is 16.5. The molecule has 0 radical (unpaired) electrons. The molecule has 0 aliphatic rings. The summed E-state index contributed by atoms with van der Waals surface area (Å²) in [6.07, 6.45) is 5.18. The normalized spacial score (nSPS) is 10.6. The van der Waals surface area contributed by atoms with Crippen molar-refractivity contribution in [3.8, 4) is 17.0 Å². The Kier molecular flexibility index (Phi) is 3.64. The van der Waals surface area contributed by atoms with E-state index in [0.29, 0.717) is 11.6 Å². The predicted molar refractivity (Wildman–Crippen MR) is 83.5 cm³/mol. The lowest BCUT2D eigenvalue weighted by molar-refractivity contribution is 0.414. The second kappa shape index (κ2) is 5.75. The van der Waals surface area contributed by atoms with Gasteiger partial charge >= 0.3 is 0 Å². The summed E-state index contributed by atoms with van der Waals surface area (Å²) < 4.78 is 5.52. The zero-order valence-electron chi connectivity index (χ0n) is 12.0. The second-order valence-corrected chi connectivity index (χ2v) is 4.54. The number of ether oxygens (including phenoxy) is 1. The molecular weight excluding hydrogens is 264 g/mol. The van der Waals surface area contributed by atoms with E-state index in [2.05, 4.69) is 26.3 Å². The molecule has 0 aliphatic carbocycles. The molecule has 0 saturated heterocycles. The monoisotopic (exact) mass is 280 g/mol. The molecule has 0 spiro atoms. The highest BCUT2D eigenvalue weighted by Gasteiger charge is 2.15. The van der Waals surface area contributed by atoms with Gasteiger partial charge in [-0.1, -0.05) is 18.2 Å². The minimum absolute atomic E-state index is 0.649. The molecule has 1 N–H and O–H groups in total. The van der Waals surface area contributed by atoms with Crippen molar-refractivity contribution in [3.63, 3.8) is 0 Å². The largest absolute Gasteiger partial charge is 0.491 e. The molecule has 0 atom stereocenters. The third-order valence-corrected chi connectivity index (χ3v) is 3.29. The standard InChI is InChI=1S/C16H16N4O/c1-3-18-16-15(21-2)14(19-10-20-16)12-6-4-5-11-7-8-17-9-13(11)12/h4-10H,3H2,1-2H3,(H,18,19,20). The number of benzene rings is 1. The number of rotatable bonds is 4. The Morgan fingerprint density at radius 2 is 2.10 bits per heavy atom. The Hall–Kier alpha value is -2.69. The summed E-state index contributed by atoms with van der Waals surface area (Å²) >= 11 is 0. The van der Waals surface area contributed by atoms with Crippen LogP contribution < -0.4 is 10.1 Å². The Balaban J connectivity index is 2.25. The van der Waals surface area contributed by atoms with Gasteiger partial charge in [-0.25, -0.2) is 9.97 Å². The minimum atomic E-state index is 0.649. The molecule has 2 aromatic heterocycles. The van der Waals surface area contributed by atoms with Crippen LogP contribution in [0.25, 0.3) is 22.0 Å². The number of aromatic nitrogens is 3. The molecule has 5 nitrogen and oxygen atoms in total. The van der Waals surface area contributed by atoms with Crippen molar-refractivity contribution in [1.82, 2.24) is 15.0 Å². The number of fused-ring (bicyclic) bond motifs is 1. The van der Waals surface area contributed by atoms with E-state index in [9.17, 15) is 0 Å². The SMILES string of the molecule is CCNc1ncnc(-c2cccc3ccncc23)c1OC. The van der Waals surface area contributed by atoms with Gasteiger partial charge in [0, 0.05) is 29.9 Å². The lowest BCUT2D eigenvalue weighted by Crippen LogP contribution is -2.04. The molecule has 0 saturated carbocycles. The van der Waals surface area contributed by atoms with Gasteiger partial charge in [-0.15, -0.1) is 0 Å². The molecule has 5 heteroatoms. The summed E-state index contributed by atoms with van der Waals surface area (Å²) in [5, 5.41) is 5.35. The maximum absolute atomic E-state index is 5.52. The first-order valence-electron chi connectivity index (χ1n) is 6.81. The van der Waals surface area contributed by atoms with Gasteiger partial charge in [0.2, 0.25) is 0 Å². The van der Waals surface area contributed by atoms with Crippen LogP contribution >= 0.6 is 0 Å². The Morgan fingerprint density at radius 1 is 1.19 bits per heavy atom. The van der Waals surface area contributed by atoms with E-state index in [1.165, 1.54) is 0 Å². The average Bonchev–Trinajstić information content (AvgIpc) is 2.54. The third-order valence-electron chi connectivity index (χ3n) is 3.29. The van der Waals surface area contributed by atoms with Crippen LogP contribution in [0.1, 0.15) is 6.92 Å². The van der Waals surface area contributed by atoms with Crippen LogP contribution in [0.2, 0.25) is 0 Å². The van der Waals surface area contributed by atoms with E-state index in [-0.39, 0.29) is 0 Å². The first-order valence-corrected chi connectivity index (χ1v) is 6.81. The second-order valence-electron chi connectivity index (χ2n) is 4.54. The molecule has 0 unspecified atom stereocenters. The molecule has 0 fully saturated rings. The number of methoxy groups -OCH3 is 1. The quantitative estimate of drug-likeness (QED) is 0.795. The molecule has 21 heavy (non-hydrogen) atoms. The van der Waals surface area contributed by atoms with Crippen molar-refractivity contribution < 1.29 is 4.74 Å². The lowest BCUT2D eigenvalue weighted by Gasteiger charge is -2.13. The van der Waals surface area contributed by atoms with Crippen LogP contribution in [0.3, 0.4) is 0 Å². The molecule has 0 amide bonds. The maximum atomic E-state index is 5.52. The van der Waals surface area contributed by atoms with Gasteiger partial charge in [0.25, 0.3) is 0 Å². The van der Waals surface area contributed by atoms with Crippen molar-refractivity contribution in [2.75, 3.05) is 19.0 Å². The van der Waals surface area contributed by atoms with Gasteiger partial charge in [-0.3, -0.25) is 4.98 Å². The number of pyridine rings is 1. The fourth-order valence-electron chi connectivity index (χ4n) is 2.37. The Bertz CT molecular complexity index is 768. The summed E-state index contributed by atoms with van der Waals surface area (Å²) in [4.78, 5) is 12.9. The highest BCUT2D eigenvalue weighted by Crippen LogP contribution is 2.36. The first-order chi connectivity index (χ1) is 10.3. The van der Waals surface area contributed by atoms with Gasteiger partial charge in [0.05, 0.1) is 7.11 Å². The van der Waals surface area contributed by atoms with Crippen LogP contribution in [-0.2, 0) is 0 Å². The van der Waals surface area contributed by atoms with E-state index in [1.54, 1.807) is 19.6 Å². The topological polar surface area (TPSA) is 59.9 Å². The minimum Gasteiger partial charge on any atom is -0.491 e. The highest BCUT2D eigenvalue weighted by molar-refractivity contribution is 5.97. The van der Waals surface area contributed by atoms with E-state index in [4.69, 9.17) is 4.74 Å². The molecule has 3 aromatic rings. The third kappa shape index (κ3) is 2.38. The smallest absolute Gasteiger partial charge is 0.187 e. The molecule has 0 bridgehead atoms. The average molecular weight is 280 g/mol. The van der Waals surface area contributed by atoms with Crippen LogP contribution in [0.15, 0.2) is 43.0 Å². The summed E-state index contributed by atoms with van der Waals surface area (Å²) in [5.41, 5.74) is 1.75. The number of hydrogen-bond donors (Lipinski definition) is 1. The number of nitrogens with one attached hydrogen (secondary N) is 1. The van der Waals surface area contributed by atoms with Crippen LogP contribution in [0.4, 0.5) is 5.82 Å². The summed E-state index contributed by atoms with van der Waals surface area (Å²) in [7, 11) is 1.63. The molecule has 0 aliphatic heterocycles. The van der Waals surface area contributed by atoms with E-state index in [1.807, 2.05) is 31.3 Å². The maximum Gasteiger partial charge on any atom is 0.187 e. The number of hydrogen-bond acceptors (Lipinski definition) is 5. The van der Waals surface area contributed by atoms with Gasteiger partial charge in [0.15, 0.2) is 11.6 Å². The fraction of sp³-hybridized carbons (Fsp3) is 0.188. The molecular formula is C16H16N4O. The van der Waals surface area contributed by atoms with Crippen molar-refractivity contribution in [2.45, 2.75) is 6.92 Å². The van der Waals surface area contributed by atoms with Crippen molar-refractivity contribution >= 4 is 16.6 Å². The van der Waals surface area contributed by atoms with Crippen LogP contribution in [0, 0.1) is 0 Å². The zero-order chi connectivity index (χ0) is 14.7. The first kappa shape index (κ1) is 13.3. The van der Waals surface area contributed by atoms with Gasteiger partial charge < -0.3 is 10.1 Å². The van der Waals surface area contributed by atoms with E-state index in [0.717, 1.165) is 28.6 Å². The molecule has 3 rings (SSSR count). The van der Waals surface area contributed by atoms with Gasteiger partial charge in [-0.05, 0) is 18.4 Å². The van der Waals surface area contributed by atoms with Crippen LogP contribution in [0.5, 0.6) is 5.75 Å². The van der Waals surface area contributed by atoms with Crippen molar-refractivity contribution in [2.24, 2.45) is 0 Å². The lowest BCUT2D eigenvalue weighted by atomic mass is 10.0. The van der Waals surface area contributed by atoms with E-state index < -0.39 is 0 Å². The van der Waals surface area contributed by atoms with Gasteiger partial charge in [-0.2, -0.15) is 0 Å².